The minimum absolute atomic E-state index is 0.137. The molecule has 5 rings (SSSR count). The normalized spacial score (nSPS) is 10.8. The van der Waals surface area contributed by atoms with Gasteiger partial charge < -0.3 is 10.1 Å². The zero-order valence-electron chi connectivity index (χ0n) is 19.8. The van der Waals surface area contributed by atoms with Gasteiger partial charge in [0.25, 0.3) is 0 Å². The van der Waals surface area contributed by atoms with E-state index in [1.807, 2.05) is 90.4 Å². The van der Waals surface area contributed by atoms with Crippen LogP contribution < -0.4 is 10.1 Å². The Kier molecular flexibility index (Phi) is 7.49. The van der Waals surface area contributed by atoms with Gasteiger partial charge in [-0.2, -0.15) is 0 Å². The van der Waals surface area contributed by atoms with Gasteiger partial charge in [0.15, 0.2) is 11.0 Å². The predicted octanol–water partition coefficient (Wildman–Crippen LogP) is 6.81. The number of aromatic nitrogens is 4. The summed E-state index contributed by atoms with van der Waals surface area (Å²) in [6, 6.07) is 26.2. The molecule has 2 heterocycles. The first-order chi connectivity index (χ1) is 18.1. The van der Waals surface area contributed by atoms with Gasteiger partial charge in [0.1, 0.15) is 11.5 Å². The van der Waals surface area contributed by atoms with Crippen LogP contribution in [0.5, 0.6) is 11.5 Å². The van der Waals surface area contributed by atoms with Gasteiger partial charge in [-0.25, -0.2) is 0 Å². The van der Waals surface area contributed by atoms with Crippen LogP contribution >= 0.6 is 23.4 Å². The fourth-order valence-corrected chi connectivity index (χ4v) is 4.61. The average molecular weight is 528 g/mol. The van der Waals surface area contributed by atoms with Gasteiger partial charge >= 0.3 is 0 Å². The first-order valence-electron chi connectivity index (χ1n) is 11.5. The number of thioether (sulfide) groups is 1. The van der Waals surface area contributed by atoms with Crippen LogP contribution in [0.1, 0.15) is 5.56 Å². The van der Waals surface area contributed by atoms with Crippen LogP contribution in [0.2, 0.25) is 5.02 Å². The number of nitrogens with one attached hydrogen (secondary N) is 1. The number of para-hydroxylation sites is 1. The maximum absolute atomic E-state index is 12.8. The molecule has 7 nitrogen and oxygen atoms in total. The molecule has 1 amide bonds. The molecule has 2 aromatic heterocycles. The number of rotatable bonds is 8. The van der Waals surface area contributed by atoms with E-state index in [2.05, 4.69) is 20.5 Å². The molecule has 0 radical (unpaired) electrons. The van der Waals surface area contributed by atoms with E-state index in [0.29, 0.717) is 27.4 Å². The summed E-state index contributed by atoms with van der Waals surface area (Å²) in [6.07, 6.45) is 3.41. The second-order valence-electron chi connectivity index (χ2n) is 8.04. The average Bonchev–Trinajstić information content (AvgIpc) is 3.34. The molecule has 5 aromatic rings. The van der Waals surface area contributed by atoms with E-state index in [0.717, 1.165) is 22.6 Å². The molecular formula is C28H22ClN5O2S. The van der Waals surface area contributed by atoms with E-state index in [1.165, 1.54) is 11.8 Å². The molecule has 184 valence electrons. The Morgan fingerprint density at radius 3 is 2.51 bits per heavy atom. The van der Waals surface area contributed by atoms with Crippen molar-refractivity contribution in [2.24, 2.45) is 0 Å². The topological polar surface area (TPSA) is 81.9 Å². The van der Waals surface area contributed by atoms with Crippen LogP contribution in [0.4, 0.5) is 5.69 Å². The Balaban J connectivity index is 1.34. The first-order valence-corrected chi connectivity index (χ1v) is 12.8. The maximum atomic E-state index is 12.8. The Morgan fingerprint density at radius 2 is 1.70 bits per heavy atom. The second-order valence-corrected chi connectivity index (χ2v) is 9.39. The van der Waals surface area contributed by atoms with Crippen molar-refractivity contribution in [2.75, 3.05) is 11.1 Å². The molecule has 3 aromatic carbocycles. The third-order valence-electron chi connectivity index (χ3n) is 5.48. The van der Waals surface area contributed by atoms with Gasteiger partial charge in [0, 0.05) is 34.7 Å². The van der Waals surface area contributed by atoms with Crippen LogP contribution in [0.25, 0.3) is 17.1 Å². The van der Waals surface area contributed by atoms with Crippen molar-refractivity contribution in [1.29, 1.82) is 0 Å². The number of carbonyl (C=O) groups is 1. The number of ether oxygens (including phenoxy) is 1. The largest absolute Gasteiger partial charge is 0.457 e. The zero-order valence-corrected chi connectivity index (χ0v) is 21.4. The highest BCUT2D eigenvalue weighted by atomic mass is 35.5. The molecule has 0 bridgehead atoms. The molecular weight excluding hydrogens is 506 g/mol. The molecule has 0 saturated carbocycles. The fourth-order valence-electron chi connectivity index (χ4n) is 3.70. The number of carbonyl (C=O) groups excluding carboxylic acids is 1. The summed E-state index contributed by atoms with van der Waals surface area (Å²) in [6.45, 7) is 1.94. The molecule has 0 unspecified atom stereocenters. The molecule has 0 aliphatic rings. The van der Waals surface area contributed by atoms with Gasteiger partial charge in [-0.05, 0) is 61.0 Å². The van der Waals surface area contributed by atoms with Gasteiger partial charge in [0.05, 0.1) is 11.4 Å². The summed E-state index contributed by atoms with van der Waals surface area (Å²) in [7, 11) is 0. The van der Waals surface area contributed by atoms with Gasteiger partial charge in [-0.15, -0.1) is 10.2 Å². The summed E-state index contributed by atoms with van der Waals surface area (Å²) in [4.78, 5) is 16.9. The van der Waals surface area contributed by atoms with Gasteiger partial charge in [-0.1, -0.05) is 53.7 Å². The number of hydrogen-bond acceptors (Lipinski definition) is 6. The molecule has 0 spiro atoms. The smallest absolute Gasteiger partial charge is 0.234 e. The third kappa shape index (κ3) is 5.82. The zero-order chi connectivity index (χ0) is 25.6. The monoisotopic (exact) mass is 527 g/mol. The summed E-state index contributed by atoms with van der Waals surface area (Å²) < 4.78 is 7.79. The summed E-state index contributed by atoms with van der Waals surface area (Å²) >= 11 is 7.71. The highest BCUT2D eigenvalue weighted by Gasteiger charge is 2.19. The Labute approximate surface area is 223 Å². The van der Waals surface area contributed by atoms with Crippen LogP contribution in [0.3, 0.4) is 0 Å². The number of nitrogens with zero attached hydrogens (tertiary/aromatic N) is 4. The van der Waals surface area contributed by atoms with E-state index in [-0.39, 0.29) is 11.7 Å². The maximum Gasteiger partial charge on any atom is 0.234 e. The number of amides is 1. The number of pyridine rings is 1. The first kappa shape index (κ1) is 24.5. The van der Waals surface area contributed by atoms with E-state index in [1.54, 1.807) is 18.5 Å². The molecule has 37 heavy (non-hydrogen) atoms. The summed E-state index contributed by atoms with van der Waals surface area (Å²) in [5.74, 6) is 1.96. The highest BCUT2D eigenvalue weighted by Crippen LogP contribution is 2.32. The van der Waals surface area contributed by atoms with Crippen molar-refractivity contribution in [3.63, 3.8) is 0 Å². The number of halogens is 1. The van der Waals surface area contributed by atoms with Crippen molar-refractivity contribution in [3.8, 4) is 28.6 Å². The lowest BCUT2D eigenvalue weighted by atomic mass is 10.2. The van der Waals surface area contributed by atoms with Gasteiger partial charge in [-0.3, -0.25) is 14.3 Å². The fraction of sp³-hybridized carbons (Fsp3) is 0.0714. The molecule has 0 atom stereocenters. The van der Waals surface area contributed by atoms with Crippen molar-refractivity contribution in [2.45, 2.75) is 12.1 Å². The second kappa shape index (κ2) is 11.3. The van der Waals surface area contributed by atoms with E-state index in [4.69, 9.17) is 16.3 Å². The SMILES string of the molecule is Cc1c(Cl)cccc1-n1c(SCC(=O)Nc2cccc(Oc3ccccc3)c2)nnc1-c1ccncc1. The Morgan fingerprint density at radius 1 is 0.946 bits per heavy atom. The van der Waals surface area contributed by atoms with Crippen molar-refractivity contribution < 1.29 is 9.53 Å². The molecule has 0 aliphatic heterocycles. The molecule has 1 N–H and O–H groups in total. The number of benzene rings is 3. The van der Waals surface area contributed by atoms with Crippen molar-refractivity contribution >= 4 is 35.0 Å². The lowest BCUT2D eigenvalue weighted by Gasteiger charge is -2.14. The summed E-state index contributed by atoms with van der Waals surface area (Å²) in [5.41, 5.74) is 3.23. The van der Waals surface area contributed by atoms with Gasteiger partial charge in [0.2, 0.25) is 5.91 Å². The van der Waals surface area contributed by atoms with Crippen LogP contribution in [-0.2, 0) is 4.79 Å². The molecule has 0 saturated heterocycles. The lowest BCUT2D eigenvalue weighted by Crippen LogP contribution is -2.14. The van der Waals surface area contributed by atoms with E-state index < -0.39 is 0 Å². The third-order valence-corrected chi connectivity index (χ3v) is 6.82. The van der Waals surface area contributed by atoms with Crippen LogP contribution in [0, 0.1) is 6.92 Å². The van der Waals surface area contributed by atoms with E-state index in [9.17, 15) is 4.79 Å². The Bertz CT molecular complexity index is 1530. The van der Waals surface area contributed by atoms with Crippen molar-refractivity contribution in [1.82, 2.24) is 19.7 Å². The van der Waals surface area contributed by atoms with Crippen LogP contribution in [0.15, 0.2) is 102 Å². The van der Waals surface area contributed by atoms with Crippen molar-refractivity contribution in [3.05, 3.63) is 108 Å². The molecule has 0 fully saturated rings. The lowest BCUT2D eigenvalue weighted by molar-refractivity contribution is -0.113. The number of hydrogen-bond donors (Lipinski definition) is 1. The molecule has 0 aliphatic carbocycles. The standard InChI is InChI=1S/C28H22ClN5O2S/c1-19-24(29)11-6-12-25(19)34-27(20-13-15-30-16-14-20)32-33-28(34)37-18-26(35)31-21-7-5-10-23(17-21)36-22-8-3-2-4-9-22/h2-17H,18H2,1H3,(H,31,35). The van der Waals surface area contributed by atoms with E-state index >= 15 is 0 Å². The Hall–Kier alpha value is -4.14. The quantitative estimate of drug-likeness (QED) is 0.223. The minimum Gasteiger partial charge on any atom is -0.457 e. The highest BCUT2D eigenvalue weighted by molar-refractivity contribution is 7.99. The van der Waals surface area contributed by atoms with Crippen LogP contribution in [-0.4, -0.2) is 31.4 Å². The summed E-state index contributed by atoms with van der Waals surface area (Å²) in [5, 5.41) is 13.0. The predicted molar refractivity (Wildman–Crippen MR) is 147 cm³/mol. The molecule has 9 heteroatoms. The number of anilines is 1. The minimum atomic E-state index is -0.176.